The summed E-state index contributed by atoms with van der Waals surface area (Å²) in [7, 11) is 0. The number of phenols is 1. The number of para-hydroxylation sites is 2. The first-order valence-electron chi connectivity index (χ1n) is 8.59. The number of phenolic OH excluding ortho intramolecular Hbond substituents is 1. The zero-order valence-corrected chi connectivity index (χ0v) is 16.8. The monoisotopic (exact) mass is 480 g/mol. The number of amides is 1. The Balaban J connectivity index is 2.03. The van der Waals surface area contributed by atoms with Crippen molar-refractivity contribution in [3.05, 3.63) is 51.6 Å². The largest absolute Gasteiger partial charge is 0.507 e. The van der Waals surface area contributed by atoms with Crippen LogP contribution in [0, 0.1) is 3.57 Å². The first-order valence-corrected chi connectivity index (χ1v) is 9.67. The highest BCUT2D eigenvalue weighted by Gasteiger charge is 2.24. The van der Waals surface area contributed by atoms with Gasteiger partial charge in [0.1, 0.15) is 11.8 Å². The summed E-state index contributed by atoms with van der Waals surface area (Å²) in [5.74, 6) is 0.280. The first-order chi connectivity index (χ1) is 13.0. The van der Waals surface area contributed by atoms with E-state index in [-0.39, 0.29) is 12.4 Å². The molecule has 7 nitrogen and oxygen atoms in total. The Hall–Kier alpha value is -2.33. The lowest BCUT2D eigenvalue weighted by Crippen LogP contribution is -2.29. The number of benzene rings is 2. The molecule has 1 atom stereocenters. The van der Waals surface area contributed by atoms with Crippen molar-refractivity contribution >= 4 is 45.5 Å². The minimum atomic E-state index is -0.644. The summed E-state index contributed by atoms with van der Waals surface area (Å²) in [5.41, 5.74) is 8.21. The Morgan fingerprint density at radius 2 is 2.07 bits per heavy atom. The van der Waals surface area contributed by atoms with Gasteiger partial charge in [0, 0.05) is 19.6 Å². The van der Waals surface area contributed by atoms with Gasteiger partial charge in [-0.25, -0.2) is 4.98 Å². The molecule has 8 heteroatoms. The molecule has 0 aliphatic carbocycles. The van der Waals surface area contributed by atoms with Crippen LogP contribution in [0.4, 0.5) is 5.95 Å². The van der Waals surface area contributed by atoms with Crippen molar-refractivity contribution in [2.24, 2.45) is 5.73 Å². The van der Waals surface area contributed by atoms with Gasteiger partial charge in [-0.2, -0.15) is 0 Å². The smallest absolute Gasteiger partial charge is 0.240 e. The molecule has 0 saturated heterocycles. The molecule has 5 N–H and O–H groups in total. The average Bonchev–Trinajstić information content (AvgIpc) is 3.00. The number of halogens is 1. The van der Waals surface area contributed by atoms with Gasteiger partial charge < -0.3 is 21.3 Å². The maximum absolute atomic E-state index is 12.3. The molecule has 3 aromatic rings. The minimum Gasteiger partial charge on any atom is -0.507 e. The van der Waals surface area contributed by atoms with Gasteiger partial charge in [-0.15, -0.1) is 0 Å². The molecular weight excluding hydrogens is 459 g/mol. The van der Waals surface area contributed by atoms with Gasteiger partial charge in [0.15, 0.2) is 0 Å². The van der Waals surface area contributed by atoms with Crippen LogP contribution in [0.3, 0.4) is 0 Å². The molecule has 1 unspecified atom stereocenters. The van der Waals surface area contributed by atoms with Crippen molar-refractivity contribution in [3.63, 3.8) is 0 Å². The molecule has 0 fully saturated rings. The second-order valence-electron chi connectivity index (χ2n) is 6.21. The highest BCUT2D eigenvalue weighted by molar-refractivity contribution is 14.1. The molecule has 1 heterocycles. The van der Waals surface area contributed by atoms with Crippen LogP contribution in [0.1, 0.15) is 18.0 Å². The van der Waals surface area contributed by atoms with Crippen molar-refractivity contribution in [2.45, 2.75) is 18.9 Å². The Bertz CT molecular complexity index is 957. The number of aliphatic hydroxyl groups excluding tert-OH is 1. The van der Waals surface area contributed by atoms with Gasteiger partial charge in [0.25, 0.3) is 0 Å². The number of primary amides is 1. The number of anilines is 1. The lowest BCUT2D eigenvalue weighted by atomic mass is 10.0. The molecule has 0 radical (unpaired) electrons. The summed E-state index contributed by atoms with van der Waals surface area (Å²) in [5, 5.41) is 22.0. The van der Waals surface area contributed by atoms with Gasteiger partial charge in [0.05, 0.1) is 14.6 Å². The summed E-state index contributed by atoms with van der Waals surface area (Å²) in [6.45, 7) is 0.598. The van der Waals surface area contributed by atoms with Gasteiger partial charge in [-0.3, -0.25) is 9.36 Å². The SMILES string of the molecule is NC(=O)C(Cc1ccc(O)c(I)c1)n1c(NCCCO)nc2ccccc21. The number of fused-ring (bicyclic) bond motifs is 1. The van der Waals surface area contributed by atoms with Crippen LogP contribution < -0.4 is 11.1 Å². The van der Waals surface area contributed by atoms with Crippen LogP contribution in [0.2, 0.25) is 0 Å². The number of nitrogens with two attached hydrogens (primary N) is 1. The Morgan fingerprint density at radius 1 is 1.30 bits per heavy atom. The molecule has 3 rings (SSSR count). The number of aliphatic hydroxyl groups is 1. The number of nitrogens with one attached hydrogen (secondary N) is 1. The molecule has 27 heavy (non-hydrogen) atoms. The highest BCUT2D eigenvalue weighted by Crippen LogP contribution is 2.28. The number of carbonyl (C=O) groups is 1. The van der Waals surface area contributed by atoms with E-state index in [1.807, 2.05) is 57.5 Å². The van der Waals surface area contributed by atoms with Crippen molar-refractivity contribution < 1.29 is 15.0 Å². The van der Waals surface area contributed by atoms with Crippen LogP contribution in [-0.4, -0.2) is 38.8 Å². The Labute approximate surface area is 170 Å². The molecule has 1 aromatic heterocycles. The van der Waals surface area contributed by atoms with Gasteiger partial charge in [-0.1, -0.05) is 18.2 Å². The summed E-state index contributed by atoms with van der Waals surface area (Å²) >= 11 is 2.05. The van der Waals surface area contributed by atoms with Crippen LogP contribution in [-0.2, 0) is 11.2 Å². The quantitative estimate of drug-likeness (QED) is 0.292. The third kappa shape index (κ3) is 4.33. The topological polar surface area (TPSA) is 113 Å². The third-order valence-electron chi connectivity index (χ3n) is 4.30. The molecule has 0 saturated carbocycles. The molecule has 2 aromatic carbocycles. The summed E-state index contributed by atoms with van der Waals surface area (Å²) in [4.78, 5) is 16.9. The van der Waals surface area contributed by atoms with E-state index in [0.717, 1.165) is 16.6 Å². The van der Waals surface area contributed by atoms with E-state index in [1.165, 1.54) is 0 Å². The number of nitrogens with zero attached hydrogens (tertiary/aromatic N) is 2. The van der Waals surface area contributed by atoms with E-state index < -0.39 is 11.9 Å². The molecule has 0 aliphatic heterocycles. The fourth-order valence-corrected chi connectivity index (χ4v) is 3.56. The zero-order valence-electron chi connectivity index (χ0n) is 14.6. The maximum atomic E-state index is 12.3. The summed E-state index contributed by atoms with van der Waals surface area (Å²) in [6.07, 6.45) is 0.946. The third-order valence-corrected chi connectivity index (χ3v) is 5.16. The summed E-state index contributed by atoms with van der Waals surface area (Å²) in [6, 6.07) is 12.1. The van der Waals surface area contributed by atoms with E-state index in [2.05, 4.69) is 10.3 Å². The molecule has 142 valence electrons. The van der Waals surface area contributed by atoms with Gasteiger partial charge in [-0.05, 0) is 58.8 Å². The number of hydrogen-bond acceptors (Lipinski definition) is 5. The second-order valence-corrected chi connectivity index (χ2v) is 7.37. The van der Waals surface area contributed by atoms with Crippen LogP contribution in [0.5, 0.6) is 5.75 Å². The number of rotatable bonds is 8. The van der Waals surface area contributed by atoms with Crippen molar-refractivity contribution in [1.29, 1.82) is 0 Å². The molecule has 1 amide bonds. The number of aromatic hydroxyl groups is 1. The van der Waals surface area contributed by atoms with E-state index in [4.69, 9.17) is 10.8 Å². The van der Waals surface area contributed by atoms with Crippen molar-refractivity contribution in [3.8, 4) is 5.75 Å². The Morgan fingerprint density at radius 3 is 2.78 bits per heavy atom. The normalized spacial score (nSPS) is 12.2. The minimum absolute atomic E-state index is 0.0679. The highest BCUT2D eigenvalue weighted by atomic mass is 127. The second kappa shape index (κ2) is 8.57. The van der Waals surface area contributed by atoms with E-state index in [0.29, 0.717) is 28.9 Å². The average molecular weight is 480 g/mol. The fourth-order valence-electron chi connectivity index (χ4n) is 2.98. The number of aromatic nitrogens is 2. The van der Waals surface area contributed by atoms with Crippen molar-refractivity contribution in [2.75, 3.05) is 18.5 Å². The number of carbonyl (C=O) groups excluding carboxylic acids is 1. The zero-order chi connectivity index (χ0) is 19.4. The predicted molar refractivity (Wildman–Crippen MR) is 113 cm³/mol. The summed E-state index contributed by atoms with van der Waals surface area (Å²) < 4.78 is 2.53. The lowest BCUT2D eigenvalue weighted by Gasteiger charge is -2.20. The maximum Gasteiger partial charge on any atom is 0.240 e. The van der Waals surface area contributed by atoms with Crippen LogP contribution >= 0.6 is 22.6 Å². The van der Waals surface area contributed by atoms with Crippen LogP contribution in [0.25, 0.3) is 11.0 Å². The van der Waals surface area contributed by atoms with Gasteiger partial charge >= 0.3 is 0 Å². The number of imidazole rings is 1. The Kier molecular flexibility index (Phi) is 6.17. The lowest BCUT2D eigenvalue weighted by molar-refractivity contribution is -0.121. The standard InChI is InChI=1S/C19H21IN4O3/c20-13-10-12(6-7-17(13)26)11-16(18(21)27)24-15-5-2-1-4-14(15)23-19(24)22-8-3-9-25/h1-2,4-7,10,16,25-26H,3,8-9,11H2,(H2,21,27)(H,22,23). The van der Waals surface area contributed by atoms with Crippen molar-refractivity contribution in [1.82, 2.24) is 9.55 Å². The van der Waals surface area contributed by atoms with Crippen LogP contribution in [0.15, 0.2) is 42.5 Å². The van der Waals surface area contributed by atoms with E-state index in [9.17, 15) is 9.90 Å². The van der Waals surface area contributed by atoms with E-state index in [1.54, 1.807) is 12.1 Å². The van der Waals surface area contributed by atoms with Gasteiger partial charge in [0.2, 0.25) is 11.9 Å². The molecule has 0 spiro atoms. The van der Waals surface area contributed by atoms with E-state index >= 15 is 0 Å². The molecule has 0 aliphatic rings. The molecule has 0 bridgehead atoms. The number of hydrogen-bond donors (Lipinski definition) is 4. The predicted octanol–water partition coefficient (Wildman–Crippen LogP) is 2.41. The fraction of sp³-hybridized carbons (Fsp3) is 0.263. The first kappa shape index (κ1) is 19.4. The molecular formula is C19H21IN4O3.